The molecule has 0 spiro atoms. The molecule has 4 nitrogen and oxygen atoms in total. The fourth-order valence-electron chi connectivity index (χ4n) is 1.73. The molecule has 1 aromatic rings. The predicted octanol–water partition coefficient (Wildman–Crippen LogP) is 2.84. The molecular formula is C13H24N4. The van der Waals surface area contributed by atoms with Crippen molar-refractivity contribution in [3.05, 3.63) is 11.8 Å². The molecule has 0 saturated heterocycles. The van der Waals surface area contributed by atoms with Crippen LogP contribution < -0.4 is 10.2 Å². The lowest BCUT2D eigenvalue weighted by Crippen LogP contribution is -2.25. The van der Waals surface area contributed by atoms with Crippen LogP contribution in [0, 0.1) is 6.92 Å². The fourth-order valence-corrected chi connectivity index (χ4v) is 1.73. The minimum atomic E-state index is 0.734. The molecule has 0 aliphatic rings. The molecule has 0 radical (unpaired) electrons. The summed E-state index contributed by atoms with van der Waals surface area (Å²) in [6.07, 6.45) is 2.41. The number of nitrogens with one attached hydrogen (secondary N) is 1. The summed E-state index contributed by atoms with van der Waals surface area (Å²) in [6, 6.07) is 2.06. The third-order valence-electron chi connectivity index (χ3n) is 2.66. The molecule has 0 aliphatic carbocycles. The van der Waals surface area contributed by atoms with E-state index in [2.05, 4.69) is 47.0 Å². The first kappa shape index (κ1) is 13.7. The Hall–Kier alpha value is -1.32. The average molecular weight is 236 g/mol. The van der Waals surface area contributed by atoms with Crippen molar-refractivity contribution in [1.29, 1.82) is 0 Å². The Labute approximate surface area is 104 Å². The van der Waals surface area contributed by atoms with Gasteiger partial charge in [0.15, 0.2) is 0 Å². The summed E-state index contributed by atoms with van der Waals surface area (Å²) in [5, 5.41) is 3.17. The highest BCUT2D eigenvalue weighted by Crippen LogP contribution is 2.15. The third-order valence-corrected chi connectivity index (χ3v) is 2.66. The number of unbranched alkanes of at least 4 members (excludes halogenated alkanes) is 1. The molecule has 1 rings (SSSR count). The topological polar surface area (TPSA) is 41.1 Å². The Morgan fingerprint density at radius 1 is 1.24 bits per heavy atom. The highest BCUT2D eigenvalue weighted by molar-refractivity contribution is 5.44. The van der Waals surface area contributed by atoms with E-state index in [1.54, 1.807) is 0 Å². The van der Waals surface area contributed by atoms with E-state index in [0.717, 1.165) is 37.1 Å². The summed E-state index contributed by atoms with van der Waals surface area (Å²) in [4.78, 5) is 11.2. The van der Waals surface area contributed by atoms with Crippen LogP contribution in [0.2, 0.25) is 0 Å². The molecule has 0 aromatic carbocycles. The molecule has 0 amide bonds. The van der Waals surface area contributed by atoms with Crippen molar-refractivity contribution >= 4 is 11.8 Å². The highest BCUT2D eigenvalue weighted by atomic mass is 15.2. The summed E-state index contributed by atoms with van der Waals surface area (Å²) in [7, 11) is 0. The maximum Gasteiger partial charge on any atom is 0.224 e. The third kappa shape index (κ3) is 4.21. The lowest BCUT2D eigenvalue weighted by atomic mass is 10.3. The summed E-state index contributed by atoms with van der Waals surface area (Å²) < 4.78 is 0. The molecule has 1 heterocycles. The van der Waals surface area contributed by atoms with Gasteiger partial charge in [0, 0.05) is 31.4 Å². The minimum Gasteiger partial charge on any atom is -0.357 e. The summed E-state index contributed by atoms with van der Waals surface area (Å²) in [5.41, 5.74) is 1.01. The van der Waals surface area contributed by atoms with Gasteiger partial charge in [0.2, 0.25) is 5.95 Å². The molecular weight excluding hydrogens is 212 g/mol. The van der Waals surface area contributed by atoms with Gasteiger partial charge in [-0.15, -0.1) is 0 Å². The second-order valence-electron chi connectivity index (χ2n) is 4.15. The first-order valence-corrected chi connectivity index (χ1v) is 6.55. The molecule has 17 heavy (non-hydrogen) atoms. The first-order chi connectivity index (χ1) is 8.21. The summed E-state index contributed by atoms with van der Waals surface area (Å²) in [6.45, 7) is 11.4. The Morgan fingerprint density at radius 2 is 2.00 bits per heavy atom. The van der Waals surface area contributed by atoms with Gasteiger partial charge in [0.25, 0.3) is 0 Å². The normalized spacial score (nSPS) is 10.4. The SMILES string of the molecule is CCCCN(CC)c1cc(C)nc(NCC)n1. The Balaban J connectivity index is 2.85. The summed E-state index contributed by atoms with van der Waals surface area (Å²) >= 11 is 0. The van der Waals surface area contributed by atoms with Crippen LogP contribution in [0.1, 0.15) is 39.3 Å². The van der Waals surface area contributed by atoms with Crippen molar-refractivity contribution < 1.29 is 0 Å². The molecule has 96 valence electrons. The van der Waals surface area contributed by atoms with Gasteiger partial charge in [-0.25, -0.2) is 4.98 Å². The molecule has 0 saturated carbocycles. The van der Waals surface area contributed by atoms with Crippen LogP contribution in [0.3, 0.4) is 0 Å². The van der Waals surface area contributed by atoms with Gasteiger partial charge < -0.3 is 10.2 Å². The number of hydrogen-bond acceptors (Lipinski definition) is 4. The quantitative estimate of drug-likeness (QED) is 0.790. The maximum absolute atomic E-state index is 4.55. The van der Waals surface area contributed by atoms with Crippen molar-refractivity contribution in [3.8, 4) is 0 Å². The highest BCUT2D eigenvalue weighted by Gasteiger charge is 2.08. The number of anilines is 2. The van der Waals surface area contributed by atoms with E-state index in [1.165, 1.54) is 12.8 Å². The van der Waals surface area contributed by atoms with E-state index in [4.69, 9.17) is 0 Å². The number of aromatic nitrogens is 2. The van der Waals surface area contributed by atoms with Gasteiger partial charge in [0.1, 0.15) is 5.82 Å². The lowest BCUT2D eigenvalue weighted by molar-refractivity contribution is 0.722. The molecule has 0 atom stereocenters. The smallest absolute Gasteiger partial charge is 0.224 e. The van der Waals surface area contributed by atoms with Crippen molar-refractivity contribution in [2.45, 2.75) is 40.5 Å². The minimum absolute atomic E-state index is 0.734. The zero-order valence-corrected chi connectivity index (χ0v) is 11.5. The molecule has 1 aromatic heterocycles. The van der Waals surface area contributed by atoms with Gasteiger partial charge in [-0.05, 0) is 27.2 Å². The Morgan fingerprint density at radius 3 is 2.59 bits per heavy atom. The molecule has 0 bridgehead atoms. The van der Waals surface area contributed by atoms with E-state index in [0.29, 0.717) is 0 Å². The van der Waals surface area contributed by atoms with Gasteiger partial charge in [-0.1, -0.05) is 13.3 Å². The van der Waals surface area contributed by atoms with Gasteiger partial charge in [-0.2, -0.15) is 4.98 Å². The maximum atomic E-state index is 4.55. The zero-order valence-electron chi connectivity index (χ0n) is 11.5. The van der Waals surface area contributed by atoms with Crippen molar-refractivity contribution in [2.75, 3.05) is 29.9 Å². The van der Waals surface area contributed by atoms with E-state index in [9.17, 15) is 0 Å². The molecule has 0 unspecified atom stereocenters. The largest absolute Gasteiger partial charge is 0.357 e. The fraction of sp³-hybridized carbons (Fsp3) is 0.692. The second kappa shape index (κ2) is 7.09. The predicted molar refractivity (Wildman–Crippen MR) is 73.7 cm³/mol. The van der Waals surface area contributed by atoms with Crippen LogP contribution in [-0.2, 0) is 0 Å². The standard InChI is InChI=1S/C13H24N4/c1-5-8-9-17(7-3)12-10-11(4)15-13(16-12)14-6-2/h10H,5-9H2,1-4H3,(H,14,15,16). The van der Waals surface area contributed by atoms with Crippen LogP contribution in [0.25, 0.3) is 0 Å². The van der Waals surface area contributed by atoms with E-state index in [1.807, 2.05) is 6.92 Å². The number of aryl methyl sites for hydroxylation is 1. The molecule has 4 heteroatoms. The lowest BCUT2D eigenvalue weighted by Gasteiger charge is -2.22. The second-order valence-corrected chi connectivity index (χ2v) is 4.15. The van der Waals surface area contributed by atoms with Crippen molar-refractivity contribution in [1.82, 2.24) is 9.97 Å². The van der Waals surface area contributed by atoms with Crippen LogP contribution in [0.4, 0.5) is 11.8 Å². The Kier molecular flexibility index (Phi) is 5.73. The van der Waals surface area contributed by atoms with Crippen LogP contribution in [-0.4, -0.2) is 29.6 Å². The van der Waals surface area contributed by atoms with E-state index < -0.39 is 0 Å². The van der Waals surface area contributed by atoms with Crippen molar-refractivity contribution in [3.63, 3.8) is 0 Å². The first-order valence-electron chi connectivity index (χ1n) is 6.55. The average Bonchev–Trinajstić information content (AvgIpc) is 2.30. The number of rotatable bonds is 7. The van der Waals surface area contributed by atoms with Gasteiger partial charge in [0.05, 0.1) is 0 Å². The van der Waals surface area contributed by atoms with Crippen LogP contribution in [0.5, 0.6) is 0 Å². The molecule has 1 N–H and O–H groups in total. The number of hydrogen-bond donors (Lipinski definition) is 1. The van der Waals surface area contributed by atoms with Gasteiger partial charge in [-0.3, -0.25) is 0 Å². The molecule has 0 fully saturated rings. The van der Waals surface area contributed by atoms with Gasteiger partial charge >= 0.3 is 0 Å². The van der Waals surface area contributed by atoms with Crippen LogP contribution >= 0.6 is 0 Å². The summed E-state index contributed by atoms with van der Waals surface area (Å²) in [5.74, 6) is 1.77. The van der Waals surface area contributed by atoms with E-state index >= 15 is 0 Å². The monoisotopic (exact) mass is 236 g/mol. The van der Waals surface area contributed by atoms with Crippen molar-refractivity contribution in [2.24, 2.45) is 0 Å². The Bertz CT molecular complexity index is 338. The van der Waals surface area contributed by atoms with Crippen LogP contribution in [0.15, 0.2) is 6.07 Å². The van der Waals surface area contributed by atoms with E-state index in [-0.39, 0.29) is 0 Å². The zero-order chi connectivity index (χ0) is 12.7. The number of nitrogens with zero attached hydrogens (tertiary/aromatic N) is 3. The molecule has 0 aliphatic heterocycles.